The fourth-order valence-electron chi connectivity index (χ4n) is 2.33. The molecule has 1 aromatic carbocycles. The molecular formula is C15H22ClNO. The molecule has 1 N–H and O–H groups in total. The Morgan fingerprint density at radius 3 is 2.78 bits per heavy atom. The fraction of sp³-hybridized carbons (Fsp3) is 0.600. The van der Waals surface area contributed by atoms with Crippen LogP contribution in [0.3, 0.4) is 0 Å². The largest absolute Gasteiger partial charge is 0.381 e. The molecule has 1 fully saturated rings. The highest BCUT2D eigenvalue weighted by Gasteiger charge is 2.27. The monoisotopic (exact) mass is 267 g/mol. The molecule has 18 heavy (non-hydrogen) atoms. The highest BCUT2D eigenvalue weighted by Crippen LogP contribution is 2.29. The minimum atomic E-state index is 0.336. The van der Waals surface area contributed by atoms with E-state index in [-0.39, 0.29) is 0 Å². The van der Waals surface area contributed by atoms with Crippen molar-refractivity contribution in [3.05, 3.63) is 34.9 Å². The Morgan fingerprint density at radius 2 is 2.11 bits per heavy atom. The zero-order valence-electron chi connectivity index (χ0n) is 11.2. The number of nitrogens with one attached hydrogen (secondary N) is 1. The van der Waals surface area contributed by atoms with E-state index in [1.807, 2.05) is 18.2 Å². The van der Waals surface area contributed by atoms with Crippen molar-refractivity contribution in [2.75, 3.05) is 19.8 Å². The van der Waals surface area contributed by atoms with Gasteiger partial charge in [0.1, 0.15) is 0 Å². The number of halogens is 1. The topological polar surface area (TPSA) is 21.3 Å². The molecule has 0 spiro atoms. The molecule has 1 heterocycles. The molecule has 1 aliphatic heterocycles. The van der Waals surface area contributed by atoms with Crippen molar-refractivity contribution in [2.45, 2.75) is 32.7 Å². The zero-order chi connectivity index (χ0) is 13.0. The van der Waals surface area contributed by atoms with E-state index < -0.39 is 0 Å². The SMILES string of the molecule is CC(NCC1(C)CCOCC1)c1cccc(Cl)c1. The summed E-state index contributed by atoms with van der Waals surface area (Å²) in [6, 6.07) is 8.41. The van der Waals surface area contributed by atoms with Gasteiger partial charge in [0.25, 0.3) is 0 Å². The van der Waals surface area contributed by atoms with E-state index in [4.69, 9.17) is 16.3 Å². The Bertz CT molecular complexity index is 388. The molecule has 2 rings (SSSR count). The van der Waals surface area contributed by atoms with E-state index in [0.29, 0.717) is 11.5 Å². The van der Waals surface area contributed by atoms with E-state index in [0.717, 1.165) is 37.6 Å². The maximum absolute atomic E-state index is 6.02. The van der Waals surface area contributed by atoms with Crippen molar-refractivity contribution in [1.29, 1.82) is 0 Å². The van der Waals surface area contributed by atoms with Crippen LogP contribution in [0.4, 0.5) is 0 Å². The number of rotatable bonds is 4. The Morgan fingerprint density at radius 1 is 1.39 bits per heavy atom. The molecule has 1 unspecified atom stereocenters. The average Bonchev–Trinajstić information content (AvgIpc) is 2.37. The number of ether oxygens (including phenoxy) is 1. The first-order chi connectivity index (χ1) is 8.59. The molecular weight excluding hydrogens is 246 g/mol. The van der Waals surface area contributed by atoms with Gasteiger partial charge in [-0.2, -0.15) is 0 Å². The van der Waals surface area contributed by atoms with Crippen molar-refractivity contribution in [3.63, 3.8) is 0 Å². The highest BCUT2D eigenvalue weighted by atomic mass is 35.5. The Balaban J connectivity index is 1.89. The summed E-state index contributed by atoms with van der Waals surface area (Å²) in [4.78, 5) is 0. The second kappa shape index (κ2) is 6.05. The minimum absolute atomic E-state index is 0.336. The van der Waals surface area contributed by atoms with Gasteiger partial charge in [-0.3, -0.25) is 0 Å². The lowest BCUT2D eigenvalue weighted by atomic mass is 9.82. The van der Waals surface area contributed by atoms with Crippen LogP contribution in [0.1, 0.15) is 38.3 Å². The van der Waals surface area contributed by atoms with Crippen molar-refractivity contribution in [2.24, 2.45) is 5.41 Å². The first kappa shape index (κ1) is 13.9. The molecule has 0 saturated carbocycles. The van der Waals surface area contributed by atoms with Gasteiger partial charge < -0.3 is 10.1 Å². The molecule has 0 aliphatic carbocycles. The van der Waals surface area contributed by atoms with Crippen LogP contribution in [0.5, 0.6) is 0 Å². The smallest absolute Gasteiger partial charge is 0.0471 e. The maximum Gasteiger partial charge on any atom is 0.0471 e. The van der Waals surface area contributed by atoms with Gasteiger partial charge in [-0.05, 0) is 42.9 Å². The van der Waals surface area contributed by atoms with E-state index in [2.05, 4.69) is 25.2 Å². The van der Waals surface area contributed by atoms with Crippen molar-refractivity contribution in [1.82, 2.24) is 5.32 Å². The van der Waals surface area contributed by atoms with E-state index >= 15 is 0 Å². The van der Waals surface area contributed by atoms with Crippen LogP contribution in [0.25, 0.3) is 0 Å². The lowest BCUT2D eigenvalue weighted by Crippen LogP contribution is -2.37. The normalized spacial score (nSPS) is 20.6. The van der Waals surface area contributed by atoms with Gasteiger partial charge in [0.05, 0.1) is 0 Å². The molecule has 0 aromatic heterocycles. The van der Waals surface area contributed by atoms with Crippen LogP contribution >= 0.6 is 11.6 Å². The predicted molar refractivity (Wildman–Crippen MR) is 76.0 cm³/mol. The summed E-state index contributed by atoms with van der Waals surface area (Å²) >= 11 is 6.02. The first-order valence-electron chi connectivity index (χ1n) is 6.66. The molecule has 0 bridgehead atoms. The van der Waals surface area contributed by atoms with Gasteiger partial charge in [-0.1, -0.05) is 30.7 Å². The molecule has 0 amide bonds. The predicted octanol–water partition coefficient (Wildman–Crippen LogP) is 3.81. The summed E-state index contributed by atoms with van der Waals surface area (Å²) in [5.41, 5.74) is 1.61. The molecule has 1 saturated heterocycles. The molecule has 1 atom stereocenters. The van der Waals surface area contributed by atoms with Crippen molar-refractivity contribution < 1.29 is 4.74 Å². The molecule has 1 aromatic rings. The summed E-state index contributed by atoms with van der Waals surface area (Å²) in [7, 11) is 0. The van der Waals surface area contributed by atoms with E-state index in [9.17, 15) is 0 Å². The average molecular weight is 268 g/mol. The number of hydrogen-bond donors (Lipinski definition) is 1. The van der Waals surface area contributed by atoms with Crippen LogP contribution in [-0.4, -0.2) is 19.8 Å². The molecule has 100 valence electrons. The summed E-state index contributed by atoms with van der Waals surface area (Å²) in [5, 5.41) is 4.43. The van der Waals surface area contributed by atoms with Crippen LogP contribution < -0.4 is 5.32 Å². The summed E-state index contributed by atoms with van der Waals surface area (Å²) < 4.78 is 5.43. The minimum Gasteiger partial charge on any atom is -0.381 e. The third-order valence-electron chi connectivity index (χ3n) is 3.88. The molecule has 3 heteroatoms. The summed E-state index contributed by atoms with van der Waals surface area (Å²) in [5.74, 6) is 0. The first-order valence-corrected chi connectivity index (χ1v) is 7.03. The lowest BCUT2D eigenvalue weighted by Gasteiger charge is -2.34. The second-order valence-corrected chi connectivity index (χ2v) is 6.02. The standard InChI is InChI=1S/C15H22ClNO/c1-12(13-4-3-5-14(16)10-13)17-11-15(2)6-8-18-9-7-15/h3-5,10,12,17H,6-9,11H2,1-2H3. The van der Waals surface area contributed by atoms with Crippen LogP contribution in [0.15, 0.2) is 24.3 Å². The Labute approximate surface area is 115 Å². The van der Waals surface area contributed by atoms with Crippen LogP contribution in [-0.2, 0) is 4.74 Å². The molecule has 0 radical (unpaired) electrons. The Kier molecular flexibility index (Phi) is 4.66. The second-order valence-electron chi connectivity index (χ2n) is 5.58. The van der Waals surface area contributed by atoms with Gasteiger partial charge in [-0.25, -0.2) is 0 Å². The van der Waals surface area contributed by atoms with Gasteiger partial charge in [-0.15, -0.1) is 0 Å². The van der Waals surface area contributed by atoms with Gasteiger partial charge in [0.2, 0.25) is 0 Å². The van der Waals surface area contributed by atoms with Gasteiger partial charge in [0, 0.05) is 30.8 Å². The maximum atomic E-state index is 6.02. The third kappa shape index (κ3) is 3.71. The zero-order valence-corrected chi connectivity index (χ0v) is 12.0. The lowest BCUT2D eigenvalue weighted by molar-refractivity contribution is 0.0231. The summed E-state index contributed by atoms with van der Waals surface area (Å²) in [6.07, 6.45) is 2.28. The number of benzene rings is 1. The van der Waals surface area contributed by atoms with Gasteiger partial charge >= 0.3 is 0 Å². The Hall–Kier alpha value is -0.570. The van der Waals surface area contributed by atoms with Crippen LogP contribution in [0.2, 0.25) is 5.02 Å². The van der Waals surface area contributed by atoms with E-state index in [1.54, 1.807) is 0 Å². The van der Waals surface area contributed by atoms with Crippen LogP contribution in [0, 0.1) is 5.41 Å². The summed E-state index contributed by atoms with van der Waals surface area (Å²) in [6.45, 7) is 7.35. The van der Waals surface area contributed by atoms with E-state index in [1.165, 1.54) is 5.56 Å². The highest BCUT2D eigenvalue weighted by molar-refractivity contribution is 6.30. The third-order valence-corrected chi connectivity index (χ3v) is 4.12. The number of hydrogen-bond acceptors (Lipinski definition) is 2. The van der Waals surface area contributed by atoms with Gasteiger partial charge in [0.15, 0.2) is 0 Å². The fourth-order valence-corrected chi connectivity index (χ4v) is 2.53. The van der Waals surface area contributed by atoms with Crippen molar-refractivity contribution >= 4 is 11.6 Å². The molecule has 2 nitrogen and oxygen atoms in total. The molecule has 1 aliphatic rings. The quantitative estimate of drug-likeness (QED) is 0.896. The van der Waals surface area contributed by atoms with Crippen molar-refractivity contribution in [3.8, 4) is 0 Å².